The molecule has 0 aliphatic carbocycles. The number of hydrogen-bond acceptors (Lipinski definition) is 6. The van der Waals surface area contributed by atoms with Crippen LogP contribution in [0.15, 0.2) is 47.6 Å². The van der Waals surface area contributed by atoms with Gasteiger partial charge in [0.1, 0.15) is 0 Å². The molecule has 1 amide bonds. The molecule has 0 fully saturated rings. The Bertz CT molecular complexity index is 1220. The summed E-state index contributed by atoms with van der Waals surface area (Å²) in [6.45, 7) is 5.90. The third-order valence-electron chi connectivity index (χ3n) is 4.93. The van der Waals surface area contributed by atoms with Crippen molar-refractivity contribution in [3.63, 3.8) is 0 Å². The largest absolute Gasteiger partial charge is 0.325 e. The van der Waals surface area contributed by atoms with Gasteiger partial charge in [-0.15, -0.1) is 10.2 Å². The second kappa shape index (κ2) is 9.74. The predicted molar refractivity (Wildman–Crippen MR) is 128 cm³/mol. The number of sulfonamides is 1. The number of carbonyl (C=O) groups is 1. The molecule has 0 aliphatic rings. The third-order valence-corrected chi connectivity index (χ3v) is 7.09. The van der Waals surface area contributed by atoms with E-state index in [-0.39, 0.29) is 18.2 Å². The first-order valence-electron chi connectivity index (χ1n) is 9.97. The SMILES string of the molecule is Cc1ccc(N(Cc2nnc(SCC(=O)Nc3cc(C)ccc3C)n2C)S(C)(=O)=O)cc1. The Balaban J connectivity index is 1.69. The number of anilines is 2. The molecule has 0 saturated heterocycles. The van der Waals surface area contributed by atoms with Crippen LogP contribution in [-0.4, -0.2) is 41.1 Å². The molecule has 0 atom stereocenters. The molecule has 0 saturated carbocycles. The van der Waals surface area contributed by atoms with E-state index < -0.39 is 10.0 Å². The van der Waals surface area contributed by atoms with Crippen LogP contribution >= 0.6 is 11.8 Å². The second-order valence-electron chi connectivity index (χ2n) is 7.72. The lowest BCUT2D eigenvalue weighted by atomic mass is 10.1. The first-order chi connectivity index (χ1) is 15.0. The number of rotatable bonds is 8. The zero-order valence-corrected chi connectivity index (χ0v) is 20.4. The summed E-state index contributed by atoms with van der Waals surface area (Å²) in [5.74, 6) is 0.492. The van der Waals surface area contributed by atoms with Crippen LogP contribution in [-0.2, 0) is 28.4 Å². The number of carbonyl (C=O) groups excluding carboxylic acids is 1. The van der Waals surface area contributed by atoms with Crippen LogP contribution in [0.2, 0.25) is 0 Å². The number of benzene rings is 2. The highest BCUT2D eigenvalue weighted by Crippen LogP contribution is 2.23. The zero-order valence-electron chi connectivity index (χ0n) is 18.8. The summed E-state index contributed by atoms with van der Waals surface area (Å²) in [7, 11) is -1.76. The maximum absolute atomic E-state index is 12.4. The van der Waals surface area contributed by atoms with Crippen LogP contribution in [0, 0.1) is 20.8 Å². The van der Waals surface area contributed by atoms with Crippen molar-refractivity contribution in [2.75, 3.05) is 21.6 Å². The fourth-order valence-corrected chi connectivity index (χ4v) is 4.62. The molecule has 2 aromatic carbocycles. The Hall–Kier alpha value is -2.85. The van der Waals surface area contributed by atoms with Crippen LogP contribution in [0.4, 0.5) is 11.4 Å². The monoisotopic (exact) mass is 473 g/mol. The second-order valence-corrected chi connectivity index (χ2v) is 10.6. The predicted octanol–water partition coefficient (Wildman–Crippen LogP) is 3.44. The fraction of sp³-hybridized carbons (Fsp3) is 0.318. The summed E-state index contributed by atoms with van der Waals surface area (Å²) in [6, 6.07) is 13.1. The number of nitrogens with zero attached hydrogens (tertiary/aromatic N) is 4. The van der Waals surface area contributed by atoms with Gasteiger partial charge in [-0.1, -0.05) is 41.6 Å². The van der Waals surface area contributed by atoms with E-state index in [0.29, 0.717) is 16.7 Å². The molecule has 3 rings (SSSR count). The molecule has 0 bridgehead atoms. The highest BCUT2D eigenvalue weighted by Gasteiger charge is 2.21. The van der Waals surface area contributed by atoms with E-state index in [4.69, 9.17) is 0 Å². The molecular weight excluding hydrogens is 446 g/mol. The lowest BCUT2D eigenvalue weighted by Crippen LogP contribution is -2.30. The van der Waals surface area contributed by atoms with Gasteiger partial charge in [0.05, 0.1) is 24.2 Å². The molecule has 32 heavy (non-hydrogen) atoms. The van der Waals surface area contributed by atoms with Crippen molar-refractivity contribution in [1.82, 2.24) is 14.8 Å². The van der Waals surface area contributed by atoms with E-state index in [1.54, 1.807) is 23.7 Å². The van der Waals surface area contributed by atoms with Crippen molar-refractivity contribution >= 4 is 39.1 Å². The Labute approximate surface area is 193 Å². The minimum atomic E-state index is -3.52. The molecule has 1 aromatic heterocycles. The average molecular weight is 474 g/mol. The maximum Gasteiger partial charge on any atom is 0.234 e. The van der Waals surface area contributed by atoms with Gasteiger partial charge in [-0.05, 0) is 50.1 Å². The molecular formula is C22H27N5O3S2. The van der Waals surface area contributed by atoms with Crippen molar-refractivity contribution in [1.29, 1.82) is 0 Å². The number of thioether (sulfide) groups is 1. The lowest BCUT2D eigenvalue weighted by molar-refractivity contribution is -0.113. The zero-order chi connectivity index (χ0) is 23.5. The molecule has 0 radical (unpaired) electrons. The summed E-state index contributed by atoms with van der Waals surface area (Å²) in [4.78, 5) is 12.4. The molecule has 3 aromatic rings. The molecule has 0 unspecified atom stereocenters. The van der Waals surface area contributed by atoms with Gasteiger partial charge in [-0.3, -0.25) is 9.10 Å². The van der Waals surface area contributed by atoms with Gasteiger partial charge in [-0.25, -0.2) is 8.42 Å². The maximum atomic E-state index is 12.4. The van der Waals surface area contributed by atoms with Crippen LogP contribution < -0.4 is 9.62 Å². The first kappa shape index (κ1) is 23.8. The highest BCUT2D eigenvalue weighted by atomic mass is 32.2. The van der Waals surface area contributed by atoms with Gasteiger partial charge in [0.15, 0.2) is 11.0 Å². The van der Waals surface area contributed by atoms with Gasteiger partial charge in [0.2, 0.25) is 15.9 Å². The molecule has 0 aliphatic heterocycles. The number of aromatic nitrogens is 3. The topological polar surface area (TPSA) is 97.2 Å². The Morgan fingerprint density at radius 1 is 1.06 bits per heavy atom. The Morgan fingerprint density at radius 3 is 2.38 bits per heavy atom. The van der Waals surface area contributed by atoms with Crippen LogP contribution in [0.3, 0.4) is 0 Å². The fourth-order valence-electron chi connectivity index (χ4n) is 3.03. The van der Waals surface area contributed by atoms with Gasteiger partial charge < -0.3 is 9.88 Å². The van der Waals surface area contributed by atoms with Crippen LogP contribution in [0.25, 0.3) is 0 Å². The van der Waals surface area contributed by atoms with Crippen molar-refractivity contribution in [2.45, 2.75) is 32.5 Å². The Morgan fingerprint density at radius 2 is 1.72 bits per heavy atom. The van der Waals surface area contributed by atoms with Crippen molar-refractivity contribution in [3.8, 4) is 0 Å². The summed E-state index contributed by atoms with van der Waals surface area (Å²) in [6.07, 6.45) is 1.16. The van der Waals surface area contributed by atoms with E-state index in [9.17, 15) is 13.2 Å². The van der Waals surface area contributed by atoms with Gasteiger partial charge in [0.25, 0.3) is 0 Å². The molecule has 10 heteroatoms. The average Bonchev–Trinajstić information content (AvgIpc) is 3.07. The minimum absolute atomic E-state index is 0.0423. The van der Waals surface area contributed by atoms with Crippen molar-refractivity contribution in [2.24, 2.45) is 7.05 Å². The summed E-state index contributed by atoms with van der Waals surface area (Å²) >= 11 is 1.25. The summed E-state index contributed by atoms with van der Waals surface area (Å²) in [5, 5.41) is 11.8. The number of hydrogen-bond donors (Lipinski definition) is 1. The Kier molecular flexibility index (Phi) is 7.25. The van der Waals surface area contributed by atoms with Gasteiger partial charge in [0, 0.05) is 12.7 Å². The molecule has 1 heterocycles. The third kappa shape index (κ3) is 5.89. The number of nitrogens with one attached hydrogen (secondary N) is 1. The lowest BCUT2D eigenvalue weighted by Gasteiger charge is -2.22. The normalized spacial score (nSPS) is 11.4. The van der Waals surface area contributed by atoms with E-state index in [2.05, 4.69) is 15.5 Å². The summed E-state index contributed by atoms with van der Waals surface area (Å²) < 4.78 is 27.8. The highest BCUT2D eigenvalue weighted by molar-refractivity contribution is 7.99. The van der Waals surface area contributed by atoms with Crippen molar-refractivity contribution < 1.29 is 13.2 Å². The number of amides is 1. The van der Waals surface area contributed by atoms with Gasteiger partial charge >= 0.3 is 0 Å². The van der Waals surface area contributed by atoms with Gasteiger partial charge in [-0.2, -0.15) is 0 Å². The number of aryl methyl sites for hydroxylation is 3. The van der Waals surface area contributed by atoms with Crippen LogP contribution in [0.1, 0.15) is 22.5 Å². The standard InChI is InChI=1S/C22H27N5O3S2/c1-15-7-10-18(11-8-15)27(32(5,29)30)13-20-24-25-22(26(20)4)31-14-21(28)23-19-12-16(2)6-9-17(19)3/h6-12H,13-14H2,1-5H3,(H,23,28). The van der Waals surface area contributed by atoms with E-state index in [1.165, 1.54) is 16.1 Å². The summed E-state index contributed by atoms with van der Waals surface area (Å²) in [5.41, 5.74) is 4.45. The first-order valence-corrected chi connectivity index (χ1v) is 12.8. The van der Waals surface area contributed by atoms with Crippen LogP contribution in [0.5, 0.6) is 0 Å². The molecule has 8 nitrogen and oxygen atoms in total. The molecule has 170 valence electrons. The molecule has 1 N–H and O–H groups in total. The quantitative estimate of drug-likeness (QED) is 0.504. The van der Waals surface area contributed by atoms with E-state index >= 15 is 0 Å². The van der Waals surface area contributed by atoms with E-state index in [0.717, 1.165) is 28.6 Å². The molecule has 0 spiro atoms. The minimum Gasteiger partial charge on any atom is -0.325 e. The smallest absolute Gasteiger partial charge is 0.234 e. The van der Waals surface area contributed by atoms with Crippen molar-refractivity contribution in [3.05, 3.63) is 65.0 Å². The van der Waals surface area contributed by atoms with E-state index in [1.807, 2.05) is 51.1 Å².